The lowest BCUT2D eigenvalue weighted by atomic mass is 10.0. The van der Waals surface area contributed by atoms with Crippen molar-refractivity contribution in [2.45, 2.75) is 51.7 Å². The van der Waals surface area contributed by atoms with Crippen LogP contribution in [0, 0.1) is 0 Å². The van der Waals surface area contributed by atoms with Crippen molar-refractivity contribution in [3.05, 3.63) is 35.9 Å². The van der Waals surface area contributed by atoms with Gasteiger partial charge in [0.05, 0.1) is 19.3 Å². The largest absolute Gasteiger partial charge is 0.493 e. The van der Waals surface area contributed by atoms with E-state index in [-0.39, 0.29) is 11.0 Å². The number of methoxy groups -OCH3 is 1. The molecule has 0 unspecified atom stereocenters. The van der Waals surface area contributed by atoms with Gasteiger partial charge in [0.25, 0.3) is 0 Å². The minimum Gasteiger partial charge on any atom is -0.493 e. The third-order valence-corrected chi connectivity index (χ3v) is 8.28. The summed E-state index contributed by atoms with van der Waals surface area (Å²) in [6, 6.07) is 5.25. The molecule has 1 aromatic rings. The van der Waals surface area contributed by atoms with Crippen LogP contribution in [0.1, 0.15) is 49.5 Å². The van der Waals surface area contributed by atoms with E-state index in [0.717, 1.165) is 24.0 Å². The molecule has 0 bridgehead atoms. The van der Waals surface area contributed by atoms with E-state index in [2.05, 4.69) is 20.4 Å². The third-order valence-electron chi connectivity index (χ3n) is 4.72. The fourth-order valence-electron chi connectivity index (χ4n) is 2.24. The van der Waals surface area contributed by atoms with Crippen molar-refractivity contribution < 1.29 is 19.1 Å². The van der Waals surface area contributed by atoms with Crippen LogP contribution in [0.25, 0.3) is 5.57 Å². The molecule has 0 saturated heterocycles. The second-order valence-corrected chi connectivity index (χ2v) is 11.8. The van der Waals surface area contributed by atoms with E-state index >= 15 is 0 Å². The maximum Gasteiger partial charge on any atom is 0.337 e. The van der Waals surface area contributed by atoms with Gasteiger partial charge in [0.15, 0.2) is 8.32 Å². The van der Waals surface area contributed by atoms with E-state index in [4.69, 9.17) is 9.47 Å². The fraction of sp³-hybridized carbons (Fsp3) is 0.526. The monoisotopic (exact) mass is 350 g/mol. The summed E-state index contributed by atoms with van der Waals surface area (Å²) < 4.78 is 10.7. The highest BCUT2D eigenvalue weighted by molar-refractivity contribution is 6.72. The van der Waals surface area contributed by atoms with Crippen LogP contribution < -0.4 is 4.74 Å². The number of ether oxygens (including phenoxy) is 2. The maximum absolute atomic E-state index is 11.7. The number of esters is 1. The Morgan fingerprint density at radius 3 is 2.46 bits per heavy atom. The number of hydrogen-bond acceptors (Lipinski definition) is 4. The first kappa shape index (κ1) is 20.5. The predicted molar refractivity (Wildman–Crippen MR) is 101 cm³/mol. The summed E-state index contributed by atoms with van der Waals surface area (Å²) in [5.74, 6) is 0.256. The molecule has 1 rings (SSSR count). The number of benzene rings is 1. The Hall–Kier alpha value is -1.59. The van der Waals surface area contributed by atoms with Crippen LogP contribution in [0.2, 0.25) is 18.1 Å². The molecule has 0 aliphatic rings. The molecule has 0 amide bonds. The minimum absolute atomic E-state index is 0.0680. The van der Waals surface area contributed by atoms with Crippen LogP contribution in [-0.2, 0) is 4.74 Å². The number of allylic oxidation sites excluding steroid dienone is 1. The summed E-state index contributed by atoms with van der Waals surface area (Å²) in [6.45, 7) is 14.5. The van der Waals surface area contributed by atoms with Gasteiger partial charge in [-0.05, 0) is 55.6 Å². The number of hydrogen-bond donors (Lipinski definition) is 1. The van der Waals surface area contributed by atoms with Crippen LogP contribution in [0.3, 0.4) is 0 Å². The molecular formula is C19H30O4Si. The molecule has 0 aliphatic carbocycles. The van der Waals surface area contributed by atoms with Gasteiger partial charge in [-0.2, -0.15) is 0 Å². The standard InChI is InChI=1S/C19H30O4Si/c1-14(2)16-10-9-15(18(20)22-5)13-17(16)23-12-8-11-19(3,4)24(6,7)21/h9-10,13,21H,1,8,11-12H2,2-7H3. The van der Waals surface area contributed by atoms with Gasteiger partial charge in [0.1, 0.15) is 5.75 Å². The quantitative estimate of drug-likeness (QED) is 0.421. The van der Waals surface area contributed by atoms with Crippen LogP contribution in [0.15, 0.2) is 24.8 Å². The highest BCUT2D eigenvalue weighted by Gasteiger charge is 2.37. The summed E-state index contributed by atoms with van der Waals surface area (Å²) in [5.41, 5.74) is 2.23. The van der Waals surface area contributed by atoms with Crippen molar-refractivity contribution in [2.75, 3.05) is 13.7 Å². The van der Waals surface area contributed by atoms with Crippen LogP contribution in [-0.4, -0.2) is 32.8 Å². The Morgan fingerprint density at radius 2 is 1.96 bits per heavy atom. The SMILES string of the molecule is C=C(C)c1ccc(C(=O)OC)cc1OCCCC(C)(C)[Si](C)(C)O. The van der Waals surface area contributed by atoms with Gasteiger partial charge >= 0.3 is 5.97 Å². The minimum atomic E-state index is -2.20. The molecule has 0 saturated carbocycles. The Morgan fingerprint density at radius 1 is 1.33 bits per heavy atom. The molecule has 1 aromatic carbocycles. The van der Waals surface area contributed by atoms with Crippen molar-refractivity contribution in [3.8, 4) is 5.75 Å². The number of rotatable bonds is 8. The summed E-state index contributed by atoms with van der Waals surface area (Å²) in [4.78, 5) is 22.0. The van der Waals surface area contributed by atoms with Crippen molar-refractivity contribution in [2.24, 2.45) is 0 Å². The van der Waals surface area contributed by atoms with E-state index in [9.17, 15) is 9.59 Å². The van der Waals surface area contributed by atoms with Gasteiger partial charge in [0, 0.05) is 5.56 Å². The van der Waals surface area contributed by atoms with Crippen LogP contribution >= 0.6 is 0 Å². The molecule has 24 heavy (non-hydrogen) atoms. The summed E-state index contributed by atoms with van der Waals surface area (Å²) in [5, 5.41) is -0.0680. The first-order valence-corrected chi connectivity index (χ1v) is 11.2. The van der Waals surface area contributed by atoms with Gasteiger partial charge in [-0.15, -0.1) is 0 Å². The zero-order chi connectivity index (χ0) is 18.5. The molecule has 0 atom stereocenters. The van der Waals surface area contributed by atoms with Crippen LogP contribution in [0.5, 0.6) is 5.75 Å². The van der Waals surface area contributed by atoms with Crippen molar-refractivity contribution in [1.29, 1.82) is 0 Å². The molecule has 0 fully saturated rings. The molecule has 1 N–H and O–H groups in total. The third kappa shape index (κ3) is 5.21. The predicted octanol–water partition coefficient (Wildman–Crippen LogP) is 4.64. The fourth-order valence-corrected chi connectivity index (χ4v) is 3.03. The van der Waals surface area contributed by atoms with E-state index in [1.165, 1.54) is 7.11 Å². The van der Waals surface area contributed by atoms with Gasteiger partial charge in [-0.25, -0.2) is 4.79 Å². The first-order valence-electron chi connectivity index (χ1n) is 8.23. The van der Waals surface area contributed by atoms with Crippen molar-refractivity contribution >= 4 is 19.9 Å². The highest BCUT2D eigenvalue weighted by atomic mass is 28.4. The molecule has 134 valence electrons. The lowest BCUT2D eigenvalue weighted by Gasteiger charge is -2.35. The van der Waals surface area contributed by atoms with Gasteiger partial charge < -0.3 is 14.3 Å². The van der Waals surface area contributed by atoms with Crippen LogP contribution in [0.4, 0.5) is 0 Å². The van der Waals surface area contributed by atoms with E-state index in [0.29, 0.717) is 17.9 Å². The second-order valence-electron chi connectivity index (χ2n) is 7.38. The number of carbonyl (C=O) groups excluding carboxylic acids is 1. The summed E-state index contributed by atoms with van der Waals surface area (Å²) in [7, 11) is -0.843. The average molecular weight is 351 g/mol. The summed E-state index contributed by atoms with van der Waals surface area (Å²) in [6.07, 6.45) is 1.73. The Kier molecular flexibility index (Phi) is 6.81. The van der Waals surface area contributed by atoms with E-state index < -0.39 is 8.32 Å². The molecule has 0 aliphatic heterocycles. The molecule has 0 aromatic heterocycles. The topological polar surface area (TPSA) is 55.8 Å². The van der Waals surface area contributed by atoms with E-state index in [1.54, 1.807) is 12.1 Å². The lowest BCUT2D eigenvalue weighted by Crippen LogP contribution is -2.39. The molecule has 0 heterocycles. The maximum atomic E-state index is 11.7. The summed E-state index contributed by atoms with van der Waals surface area (Å²) >= 11 is 0. The molecule has 0 spiro atoms. The average Bonchev–Trinajstić information content (AvgIpc) is 2.49. The first-order chi connectivity index (χ1) is 11.0. The second kappa shape index (κ2) is 7.99. The van der Waals surface area contributed by atoms with Gasteiger partial charge in [0.2, 0.25) is 0 Å². The number of carbonyl (C=O) groups is 1. The highest BCUT2D eigenvalue weighted by Crippen LogP contribution is 2.39. The molecular weight excluding hydrogens is 320 g/mol. The van der Waals surface area contributed by atoms with Gasteiger partial charge in [-0.3, -0.25) is 0 Å². The zero-order valence-corrected chi connectivity index (χ0v) is 16.7. The Balaban J connectivity index is 2.79. The lowest BCUT2D eigenvalue weighted by molar-refractivity contribution is 0.0600. The smallest absolute Gasteiger partial charge is 0.337 e. The van der Waals surface area contributed by atoms with E-state index in [1.807, 2.05) is 26.1 Å². The van der Waals surface area contributed by atoms with Crippen molar-refractivity contribution in [1.82, 2.24) is 0 Å². The zero-order valence-electron chi connectivity index (χ0n) is 15.7. The molecule has 5 heteroatoms. The normalized spacial score (nSPS) is 12.0. The molecule has 4 nitrogen and oxygen atoms in total. The molecule has 0 radical (unpaired) electrons. The Labute approximate surface area is 146 Å². The van der Waals surface area contributed by atoms with Crippen molar-refractivity contribution in [3.63, 3.8) is 0 Å². The van der Waals surface area contributed by atoms with Gasteiger partial charge in [-0.1, -0.05) is 26.5 Å². The Bertz CT molecular complexity index is 600.